The van der Waals surface area contributed by atoms with Crippen LogP contribution < -0.4 is 0 Å². The molecule has 0 spiro atoms. The van der Waals surface area contributed by atoms with Gasteiger partial charge in [-0.25, -0.2) is 14.4 Å². The highest BCUT2D eigenvalue weighted by molar-refractivity contribution is 5.91. The van der Waals surface area contributed by atoms with Crippen LogP contribution >= 0.6 is 0 Å². The second-order valence-corrected chi connectivity index (χ2v) is 8.09. The Morgan fingerprint density at radius 1 is 0.622 bits per heavy atom. The third-order valence-electron chi connectivity index (χ3n) is 5.44. The SMILES string of the molecule is CC(=O)O[13C@@H]1O[13C@H]([13CH2]OC(=O)c2ccccc2)[13C@@H](OC(=O)c2ccccc2)[13C@H]1OC(=O)c1ccccc1. The summed E-state index contributed by atoms with van der Waals surface area (Å²) in [5, 5.41) is 0. The molecule has 3 aromatic carbocycles. The fraction of sp³-hybridized carbons (Fsp3) is 0.214. The molecule has 4 atom stereocenters. The van der Waals surface area contributed by atoms with Crippen molar-refractivity contribution in [2.45, 2.75) is 31.5 Å². The number of hydrogen-bond donors (Lipinski definition) is 0. The highest BCUT2D eigenvalue weighted by Gasteiger charge is 2.52. The molecule has 4 rings (SSSR count). The lowest BCUT2D eigenvalue weighted by atomic mass is 10.2. The number of benzene rings is 3. The van der Waals surface area contributed by atoms with E-state index < -0.39 is 48.5 Å². The molecule has 3 aromatic rings. The highest BCUT2D eigenvalue weighted by atomic mass is 16.9. The van der Waals surface area contributed by atoms with E-state index in [1.165, 1.54) is 0 Å². The van der Waals surface area contributed by atoms with E-state index in [-0.39, 0.29) is 17.7 Å². The highest BCUT2D eigenvalue weighted by Crippen LogP contribution is 2.30. The number of ether oxygens (including phenoxy) is 5. The Balaban J connectivity index is 1.58. The van der Waals surface area contributed by atoms with Crippen LogP contribution in [-0.2, 0) is 28.5 Å². The van der Waals surface area contributed by atoms with E-state index in [1.54, 1.807) is 91.0 Å². The molecule has 1 aliphatic rings. The molecule has 1 fully saturated rings. The molecule has 0 aliphatic carbocycles. The molecular weight excluding hydrogens is 485 g/mol. The van der Waals surface area contributed by atoms with E-state index >= 15 is 0 Å². The van der Waals surface area contributed by atoms with Gasteiger partial charge in [-0.2, -0.15) is 0 Å². The van der Waals surface area contributed by atoms with Crippen LogP contribution in [0.25, 0.3) is 0 Å². The average Bonchev–Trinajstić information content (AvgIpc) is 3.23. The summed E-state index contributed by atoms with van der Waals surface area (Å²) >= 11 is 0. The van der Waals surface area contributed by atoms with Crippen LogP contribution in [0, 0.1) is 0 Å². The Morgan fingerprint density at radius 3 is 1.51 bits per heavy atom. The predicted molar refractivity (Wildman–Crippen MR) is 128 cm³/mol. The minimum atomic E-state index is -1.40. The zero-order valence-electron chi connectivity index (χ0n) is 19.9. The smallest absolute Gasteiger partial charge is 0.338 e. The van der Waals surface area contributed by atoms with Gasteiger partial charge in [-0.05, 0) is 36.4 Å². The van der Waals surface area contributed by atoms with Crippen molar-refractivity contribution in [3.63, 3.8) is 0 Å². The molecule has 0 saturated carbocycles. The van der Waals surface area contributed by atoms with Crippen LogP contribution in [0.4, 0.5) is 0 Å². The van der Waals surface area contributed by atoms with E-state index in [0.29, 0.717) is 5.56 Å². The van der Waals surface area contributed by atoms with Crippen molar-refractivity contribution in [3.8, 4) is 0 Å². The average molecular weight is 509 g/mol. The van der Waals surface area contributed by atoms with Gasteiger partial charge in [0, 0.05) is 6.92 Å². The molecule has 0 aromatic heterocycles. The Labute approximate surface area is 212 Å². The fourth-order valence-electron chi connectivity index (χ4n) is 3.70. The van der Waals surface area contributed by atoms with E-state index in [1.807, 2.05) is 0 Å². The lowest BCUT2D eigenvalue weighted by molar-refractivity contribution is -0.187. The van der Waals surface area contributed by atoms with Gasteiger partial charge in [-0.3, -0.25) is 4.79 Å². The maximum absolute atomic E-state index is 12.9. The molecule has 37 heavy (non-hydrogen) atoms. The first-order valence-electron chi connectivity index (χ1n) is 11.5. The van der Waals surface area contributed by atoms with E-state index in [2.05, 4.69) is 0 Å². The van der Waals surface area contributed by atoms with Crippen molar-refractivity contribution in [1.29, 1.82) is 0 Å². The van der Waals surface area contributed by atoms with E-state index in [4.69, 9.17) is 23.7 Å². The molecule has 0 bridgehead atoms. The number of carbonyl (C=O) groups excluding carboxylic acids is 4. The first-order valence-corrected chi connectivity index (χ1v) is 11.5. The monoisotopic (exact) mass is 509 g/mol. The van der Waals surface area contributed by atoms with Crippen molar-refractivity contribution in [3.05, 3.63) is 108 Å². The summed E-state index contributed by atoms with van der Waals surface area (Å²) in [5.41, 5.74) is 0.782. The van der Waals surface area contributed by atoms with Crippen LogP contribution in [-0.4, -0.2) is 55.1 Å². The first-order chi connectivity index (χ1) is 17.9. The fourth-order valence-corrected chi connectivity index (χ4v) is 3.70. The summed E-state index contributed by atoms with van der Waals surface area (Å²) in [6.45, 7) is 0.796. The summed E-state index contributed by atoms with van der Waals surface area (Å²) in [7, 11) is 0. The molecule has 1 aliphatic heterocycles. The predicted octanol–water partition coefficient (Wildman–Crippen LogP) is 3.58. The molecule has 9 heteroatoms. The number of rotatable bonds is 8. The Bertz CT molecular complexity index is 1230. The second kappa shape index (κ2) is 12.0. The quantitative estimate of drug-likeness (QED) is 0.255. The van der Waals surface area contributed by atoms with Gasteiger partial charge in [0.05, 0.1) is 16.7 Å². The third-order valence-corrected chi connectivity index (χ3v) is 5.44. The standard InChI is InChI=1S/C28H24O9/c1-18(29)34-28-24(37-27(32)21-15-9-4-10-16-21)23(36-26(31)20-13-7-3-8-14-20)22(35-28)17-33-25(30)19-11-5-2-6-12-19/h2-16,22-24,28H,17H2,1H3/t22-,23-,24-,28-/m1/s1/i17+1,22+1,23+1,24+1,28+1. The molecule has 0 N–H and O–H groups in total. The molecular formula is C28H24O9. The van der Waals surface area contributed by atoms with Gasteiger partial charge < -0.3 is 23.7 Å². The normalized spacial score (nSPS) is 20.5. The number of carbonyl (C=O) groups is 4. The lowest BCUT2D eigenvalue weighted by Crippen LogP contribution is -2.42. The van der Waals surface area contributed by atoms with Gasteiger partial charge in [0.1, 0.15) is 12.7 Å². The Hall–Kier alpha value is -4.50. The van der Waals surface area contributed by atoms with Gasteiger partial charge in [0.15, 0.2) is 6.10 Å². The summed E-state index contributed by atoms with van der Waals surface area (Å²) < 4.78 is 27.7. The molecule has 190 valence electrons. The topological polar surface area (TPSA) is 114 Å². The van der Waals surface area contributed by atoms with E-state index in [0.717, 1.165) is 6.92 Å². The molecule has 1 saturated heterocycles. The summed E-state index contributed by atoms with van der Waals surface area (Å²) in [4.78, 5) is 50.0. The van der Waals surface area contributed by atoms with Crippen molar-refractivity contribution >= 4 is 23.9 Å². The third kappa shape index (κ3) is 6.59. The Kier molecular flexibility index (Phi) is 8.27. The number of hydrogen-bond acceptors (Lipinski definition) is 9. The molecule has 0 unspecified atom stereocenters. The largest absolute Gasteiger partial charge is 0.459 e. The van der Waals surface area contributed by atoms with Gasteiger partial charge >= 0.3 is 23.9 Å². The van der Waals surface area contributed by atoms with Crippen LogP contribution in [0.5, 0.6) is 0 Å². The van der Waals surface area contributed by atoms with Crippen LogP contribution in [0.3, 0.4) is 0 Å². The summed E-state index contributed by atoms with van der Waals surface area (Å²) in [5.74, 6) is -2.81. The number of esters is 4. The van der Waals surface area contributed by atoms with Crippen molar-refractivity contribution in [2.24, 2.45) is 0 Å². The minimum Gasteiger partial charge on any atom is -0.459 e. The van der Waals surface area contributed by atoms with Crippen LogP contribution in [0.2, 0.25) is 0 Å². The summed E-state index contributed by atoms with van der Waals surface area (Å²) in [6, 6.07) is 24.6. The summed E-state index contributed by atoms with van der Waals surface area (Å²) in [6.07, 6.45) is -5.09. The molecule has 1 heterocycles. The van der Waals surface area contributed by atoms with Gasteiger partial charge in [0.2, 0.25) is 12.4 Å². The van der Waals surface area contributed by atoms with Crippen molar-refractivity contribution < 1.29 is 42.9 Å². The Morgan fingerprint density at radius 2 is 1.05 bits per heavy atom. The second-order valence-electron chi connectivity index (χ2n) is 8.09. The first kappa shape index (κ1) is 25.6. The van der Waals surface area contributed by atoms with Crippen LogP contribution in [0.15, 0.2) is 91.0 Å². The minimum absolute atomic E-state index is 0.233. The zero-order valence-corrected chi connectivity index (χ0v) is 19.9. The molecule has 0 amide bonds. The van der Waals surface area contributed by atoms with Crippen LogP contribution in [0.1, 0.15) is 38.0 Å². The van der Waals surface area contributed by atoms with Gasteiger partial charge in [-0.1, -0.05) is 54.6 Å². The molecule has 9 nitrogen and oxygen atoms in total. The lowest BCUT2D eigenvalue weighted by Gasteiger charge is -2.24. The zero-order chi connectivity index (χ0) is 26.2. The maximum Gasteiger partial charge on any atom is 0.338 e. The maximum atomic E-state index is 12.9. The van der Waals surface area contributed by atoms with E-state index in [9.17, 15) is 19.2 Å². The van der Waals surface area contributed by atoms with Gasteiger partial charge in [0.25, 0.3) is 0 Å². The molecule has 0 radical (unpaired) electrons. The van der Waals surface area contributed by atoms with Crippen molar-refractivity contribution in [2.75, 3.05) is 6.61 Å². The van der Waals surface area contributed by atoms with Gasteiger partial charge in [-0.15, -0.1) is 0 Å². The van der Waals surface area contributed by atoms with Crippen molar-refractivity contribution in [1.82, 2.24) is 0 Å².